The fourth-order valence-electron chi connectivity index (χ4n) is 1.99. The van der Waals surface area contributed by atoms with Crippen LogP contribution in [0.3, 0.4) is 0 Å². The average Bonchev–Trinajstić information content (AvgIpc) is 2.39. The van der Waals surface area contributed by atoms with Gasteiger partial charge in [0.15, 0.2) is 11.6 Å². The lowest BCUT2D eigenvalue weighted by atomic mass is 10.0. The molecule has 0 saturated heterocycles. The SMILES string of the molecule is Cc1cccc(CNCc2ccc(F)c(F)c2)c1C. The molecule has 2 aromatic carbocycles. The van der Waals surface area contributed by atoms with Gasteiger partial charge in [-0.1, -0.05) is 24.3 Å². The summed E-state index contributed by atoms with van der Waals surface area (Å²) in [6.45, 7) is 5.40. The summed E-state index contributed by atoms with van der Waals surface area (Å²) in [6.07, 6.45) is 0. The Morgan fingerprint density at radius 2 is 1.74 bits per heavy atom. The molecule has 0 aliphatic rings. The zero-order valence-corrected chi connectivity index (χ0v) is 11.1. The molecule has 0 radical (unpaired) electrons. The van der Waals surface area contributed by atoms with Crippen molar-refractivity contribution in [1.29, 1.82) is 0 Å². The second-order valence-corrected chi connectivity index (χ2v) is 4.71. The molecule has 3 heteroatoms. The van der Waals surface area contributed by atoms with Crippen molar-refractivity contribution in [3.05, 3.63) is 70.3 Å². The van der Waals surface area contributed by atoms with Crippen LogP contribution in [0.5, 0.6) is 0 Å². The van der Waals surface area contributed by atoms with Gasteiger partial charge in [-0.25, -0.2) is 8.78 Å². The standard InChI is InChI=1S/C16H17F2N/c1-11-4-3-5-14(12(11)2)10-19-9-13-6-7-15(17)16(18)8-13/h3-8,19H,9-10H2,1-2H3. The van der Waals surface area contributed by atoms with Crippen LogP contribution in [0, 0.1) is 25.5 Å². The monoisotopic (exact) mass is 261 g/mol. The van der Waals surface area contributed by atoms with Crippen LogP contribution in [0.1, 0.15) is 22.3 Å². The Morgan fingerprint density at radius 3 is 2.47 bits per heavy atom. The van der Waals surface area contributed by atoms with E-state index in [2.05, 4.69) is 31.3 Å². The molecule has 0 bridgehead atoms. The van der Waals surface area contributed by atoms with Gasteiger partial charge in [-0.3, -0.25) is 0 Å². The summed E-state index contributed by atoms with van der Waals surface area (Å²) < 4.78 is 25.8. The van der Waals surface area contributed by atoms with Crippen LogP contribution in [0.15, 0.2) is 36.4 Å². The lowest BCUT2D eigenvalue weighted by Gasteiger charge is -2.10. The van der Waals surface area contributed by atoms with Crippen molar-refractivity contribution in [2.75, 3.05) is 0 Å². The average molecular weight is 261 g/mol. The summed E-state index contributed by atoms with van der Waals surface area (Å²) in [5, 5.41) is 3.24. The quantitative estimate of drug-likeness (QED) is 0.881. The van der Waals surface area contributed by atoms with E-state index in [4.69, 9.17) is 0 Å². The maximum atomic E-state index is 13.0. The highest BCUT2D eigenvalue weighted by Crippen LogP contribution is 2.13. The third-order valence-corrected chi connectivity index (χ3v) is 3.35. The van der Waals surface area contributed by atoms with Gasteiger partial charge in [0, 0.05) is 13.1 Å². The smallest absolute Gasteiger partial charge is 0.159 e. The van der Waals surface area contributed by atoms with Crippen LogP contribution >= 0.6 is 0 Å². The van der Waals surface area contributed by atoms with E-state index in [-0.39, 0.29) is 0 Å². The molecular weight excluding hydrogens is 244 g/mol. The molecule has 19 heavy (non-hydrogen) atoms. The van der Waals surface area contributed by atoms with Gasteiger partial charge < -0.3 is 5.32 Å². The molecule has 0 spiro atoms. The van der Waals surface area contributed by atoms with Gasteiger partial charge in [0.1, 0.15) is 0 Å². The molecule has 0 aliphatic carbocycles. The van der Waals surface area contributed by atoms with Crippen LogP contribution in [-0.2, 0) is 13.1 Å². The second kappa shape index (κ2) is 5.93. The first-order chi connectivity index (χ1) is 9.08. The summed E-state index contributed by atoms with van der Waals surface area (Å²) in [7, 11) is 0. The summed E-state index contributed by atoms with van der Waals surface area (Å²) >= 11 is 0. The highest BCUT2D eigenvalue weighted by molar-refractivity contribution is 5.33. The first-order valence-electron chi connectivity index (χ1n) is 6.27. The molecule has 0 aromatic heterocycles. The van der Waals surface area contributed by atoms with Gasteiger partial charge in [0.25, 0.3) is 0 Å². The lowest BCUT2D eigenvalue weighted by molar-refractivity contribution is 0.506. The molecule has 0 aliphatic heterocycles. The topological polar surface area (TPSA) is 12.0 Å². The summed E-state index contributed by atoms with van der Waals surface area (Å²) in [5.41, 5.74) is 4.49. The number of hydrogen-bond acceptors (Lipinski definition) is 1. The molecule has 2 aromatic rings. The number of aryl methyl sites for hydroxylation is 1. The van der Waals surface area contributed by atoms with Crippen molar-refractivity contribution in [1.82, 2.24) is 5.32 Å². The van der Waals surface area contributed by atoms with E-state index < -0.39 is 11.6 Å². The third-order valence-electron chi connectivity index (χ3n) is 3.35. The largest absolute Gasteiger partial charge is 0.309 e. The molecule has 0 heterocycles. The lowest BCUT2D eigenvalue weighted by Crippen LogP contribution is -2.14. The van der Waals surface area contributed by atoms with E-state index in [1.54, 1.807) is 6.07 Å². The Bertz CT molecular complexity index is 579. The van der Waals surface area contributed by atoms with Crippen molar-refractivity contribution < 1.29 is 8.78 Å². The highest BCUT2D eigenvalue weighted by atomic mass is 19.2. The molecule has 2 rings (SSSR count). The summed E-state index contributed by atoms with van der Waals surface area (Å²) in [5.74, 6) is -1.61. The molecular formula is C16H17F2N. The first-order valence-corrected chi connectivity index (χ1v) is 6.27. The van der Waals surface area contributed by atoms with Crippen molar-refractivity contribution >= 4 is 0 Å². The Kier molecular flexibility index (Phi) is 4.27. The van der Waals surface area contributed by atoms with E-state index in [0.717, 1.165) is 11.6 Å². The van der Waals surface area contributed by atoms with Crippen LogP contribution in [0.25, 0.3) is 0 Å². The highest BCUT2D eigenvalue weighted by Gasteiger charge is 2.03. The Balaban J connectivity index is 1.96. The van der Waals surface area contributed by atoms with Gasteiger partial charge in [0.2, 0.25) is 0 Å². The van der Waals surface area contributed by atoms with Crippen molar-refractivity contribution in [3.63, 3.8) is 0 Å². The first kappa shape index (κ1) is 13.7. The van der Waals surface area contributed by atoms with Crippen LogP contribution in [0.2, 0.25) is 0 Å². The zero-order valence-electron chi connectivity index (χ0n) is 11.1. The van der Waals surface area contributed by atoms with Crippen LogP contribution in [-0.4, -0.2) is 0 Å². The Morgan fingerprint density at radius 1 is 0.947 bits per heavy atom. The van der Waals surface area contributed by atoms with E-state index in [0.29, 0.717) is 13.1 Å². The molecule has 0 amide bonds. The van der Waals surface area contributed by atoms with Gasteiger partial charge in [-0.2, -0.15) is 0 Å². The van der Waals surface area contributed by atoms with Gasteiger partial charge in [-0.15, -0.1) is 0 Å². The molecule has 0 saturated carbocycles. The normalized spacial score (nSPS) is 10.7. The van der Waals surface area contributed by atoms with Crippen LogP contribution in [0.4, 0.5) is 8.78 Å². The number of rotatable bonds is 4. The van der Waals surface area contributed by atoms with Crippen molar-refractivity contribution in [2.45, 2.75) is 26.9 Å². The van der Waals surface area contributed by atoms with Gasteiger partial charge >= 0.3 is 0 Å². The predicted molar refractivity (Wildman–Crippen MR) is 72.8 cm³/mol. The molecule has 1 N–H and O–H groups in total. The number of nitrogens with one attached hydrogen (secondary N) is 1. The van der Waals surface area contributed by atoms with E-state index >= 15 is 0 Å². The van der Waals surface area contributed by atoms with Crippen LogP contribution < -0.4 is 5.32 Å². The van der Waals surface area contributed by atoms with Gasteiger partial charge in [-0.05, 0) is 48.2 Å². The molecule has 0 unspecified atom stereocenters. The molecule has 100 valence electrons. The fraction of sp³-hybridized carbons (Fsp3) is 0.250. The van der Waals surface area contributed by atoms with E-state index in [9.17, 15) is 8.78 Å². The minimum absolute atomic E-state index is 0.518. The maximum absolute atomic E-state index is 13.0. The second-order valence-electron chi connectivity index (χ2n) is 4.71. The maximum Gasteiger partial charge on any atom is 0.159 e. The minimum atomic E-state index is -0.807. The fourth-order valence-corrected chi connectivity index (χ4v) is 1.99. The number of halogens is 2. The molecule has 0 atom stereocenters. The zero-order chi connectivity index (χ0) is 13.8. The van der Waals surface area contributed by atoms with Crippen molar-refractivity contribution in [2.24, 2.45) is 0 Å². The number of hydrogen-bond donors (Lipinski definition) is 1. The van der Waals surface area contributed by atoms with E-state index in [1.807, 2.05) is 6.07 Å². The summed E-state index contributed by atoms with van der Waals surface area (Å²) in [4.78, 5) is 0. The van der Waals surface area contributed by atoms with Gasteiger partial charge in [0.05, 0.1) is 0 Å². The minimum Gasteiger partial charge on any atom is -0.309 e. The third kappa shape index (κ3) is 3.38. The van der Waals surface area contributed by atoms with E-state index in [1.165, 1.54) is 22.8 Å². The summed E-state index contributed by atoms with van der Waals surface area (Å²) in [6, 6.07) is 10.1. The Labute approximate surface area is 112 Å². The van der Waals surface area contributed by atoms with Crippen molar-refractivity contribution in [3.8, 4) is 0 Å². The number of benzene rings is 2. The predicted octanol–water partition coefficient (Wildman–Crippen LogP) is 3.87. The Hall–Kier alpha value is -1.74. The molecule has 0 fully saturated rings. The molecule has 1 nitrogen and oxygen atoms in total.